The molecule has 0 aromatic heterocycles. The van der Waals surface area contributed by atoms with Crippen LogP contribution in [0, 0.1) is 5.92 Å². The summed E-state index contributed by atoms with van der Waals surface area (Å²) in [6.07, 6.45) is -4.02. The monoisotopic (exact) mass is 500 g/mol. The molecule has 0 spiro atoms. The highest BCUT2D eigenvalue weighted by atomic mass is 32.1. The van der Waals surface area contributed by atoms with E-state index in [-0.39, 0.29) is 13.0 Å². The third-order valence-electron chi connectivity index (χ3n) is 5.98. The van der Waals surface area contributed by atoms with E-state index in [0.717, 1.165) is 24.2 Å². The smallest absolute Gasteiger partial charge is 0.306 e. The van der Waals surface area contributed by atoms with Crippen molar-refractivity contribution in [1.29, 1.82) is 0 Å². The van der Waals surface area contributed by atoms with Crippen molar-refractivity contribution >= 4 is 18.6 Å². The molecule has 1 aromatic carbocycles. The van der Waals surface area contributed by atoms with Crippen LogP contribution in [0.2, 0.25) is 0 Å². The SMILES string of the molecule is CC(S)CC(C)CCOc1ccc(CCC(=O)OCC2OC(C(C)(C)O)C(O)C(O)C2O)cc1. The van der Waals surface area contributed by atoms with Gasteiger partial charge in [0.05, 0.1) is 12.2 Å². The molecule has 1 aliphatic rings. The number of thiol groups is 1. The van der Waals surface area contributed by atoms with Gasteiger partial charge in [0.15, 0.2) is 0 Å². The first kappa shape index (κ1) is 28.9. The Morgan fingerprint density at radius 3 is 2.35 bits per heavy atom. The van der Waals surface area contributed by atoms with E-state index in [1.807, 2.05) is 24.3 Å². The highest BCUT2D eigenvalue weighted by Gasteiger charge is 2.49. The van der Waals surface area contributed by atoms with E-state index < -0.39 is 42.1 Å². The third kappa shape index (κ3) is 9.02. The van der Waals surface area contributed by atoms with Gasteiger partial charge in [0.25, 0.3) is 0 Å². The van der Waals surface area contributed by atoms with Gasteiger partial charge in [0.1, 0.15) is 42.9 Å². The minimum Gasteiger partial charge on any atom is -0.494 e. The second-order valence-electron chi connectivity index (χ2n) is 9.87. The molecule has 0 aliphatic carbocycles. The molecule has 0 amide bonds. The summed E-state index contributed by atoms with van der Waals surface area (Å²) >= 11 is 4.42. The summed E-state index contributed by atoms with van der Waals surface area (Å²) in [6, 6.07) is 7.56. The Labute approximate surface area is 207 Å². The molecule has 1 saturated heterocycles. The molecule has 1 heterocycles. The molecule has 194 valence electrons. The molecule has 34 heavy (non-hydrogen) atoms. The summed E-state index contributed by atoms with van der Waals surface area (Å²) in [5.74, 6) is 0.846. The zero-order chi connectivity index (χ0) is 25.5. The lowest BCUT2D eigenvalue weighted by atomic mass is 9.87. The highest BCUT2D eigenvalue weighted by molar-refractivity contribution is 7.80. The van der Waals surface area contributed by atoms with E-state index in [2.05, 4.69) is 26.5 Å². The maximum absolute atomic E-state index is 12.2. The maximum Gasteiger partial charge on any atom is 0.306 e. The lowest BCUT2D eigenvalue weighted by Gasteiger charge is -2.44. The van der Waals surface area contributed by atoms with Crippen molar-refractivity contribution < 1.29 is 39.4 Å². The first-order chi connectivity index (χ1) is 15.9. The Morgan fingerprint density at radius 1 is 1.12 bits per heavy atom. The quantitative estimate of drug-likeness (QED) is 0.218. The van der Waals surface area contributed by atoms with E-state index in [1.54, 1.807) is 0 Å². The number of rotatable bonds is 12. The number of hydrogen-bond acceptors (Lipinski definition) is 9. The number of aliphatic hydroxyl groups is 4. The second kappa shape index (κ2) is 13.1. The van der Waals surface area contributed by atoms with E-state index in [4.69, 9.17) is 14.2 Å². The average Bonchev–Trinajstić information content (AvgIpc) is 2.75. The van der Waals surface area contributed by atoms with Gasteiger partial charge in [-0.05, 0) is 62.0 Å². The first-order valence-electron chi connectivity index (χ1n) is 11.9. The minimum absolute atomic E-state index is 0.128. The van der Waals surface area contributed by atoms with Crippen LogP contribution in [0.25, 0.3) is 0 Å². The van der Waals surface area contributed by atoms with Crippen molar-refractivity contribution in [3.63, 3.8) is 0 Å². The molecular formula is C25H40O8S. The van der Waals surface area contributed by atoms with Gasteiger partial charge in [0, 0.05) is 6.42 Å². The zero-order valence-corrected chi connectivity index (χ0v) is 21.4. The van der Waals surface area contributed by atoms with Crippen LogP contribution in [0.15, 0.2) is 24.3 Å². The van der Waals surface area contributed by atoms with Gasteiger partial charge in [-0.25, -0.2) is 0 Å². The largest absolute Gasteiger partial charge is 0.494 e. The maximum atomic E-state index is 12.2. The Balaban J connectivity index is 1.74. The Hall–Kier alpha value is -1.36. The molecule has 1 aliphatic heterocycles. The summed E-state index contributed by atoms with van der Waals surface area (Å²) in [4.78, 5) is 12.2. The van der Waals surface area contributed by atoms with Crippen molar-refractivity contribution in [2.24, 2.45) is 5.92 Å². The Kier molecular flexibility index (Phi) is 11.1. The van der Waals surface area contributed by atoms with Gasteiger partial charge in [-0.3, -0.25) is 4.79 Å². The number of benzene rings is 1. The van der Waals surface area contributed by atoms with Gasteiger partial charge in [-0.2, -0.15) is 12.6 Å². The number of ether oxygens (including phenoxy) is 3. The van der Waals surface area contributed by atoms with Gasteiger partial charge < -0.3 is 34.6 Å². The van der Waals surface area contributed by atoms with Crippen molar-refractivity contribution in [3.8, 4) is 5.75 Å². The highest BCUT2D eigenvalue weighted by Crippen LogP contribution is 2.28. The molecule has 0 radical (unpaired) electrons. The van der Waals surface area contributed by atoms with Gasteiger partial charge in [-0.15, -0.1) is 0 Å². The van der Waals surface area contributed by atoms with Crippen molar-refractivity contribution in [2.75, 3.05) is 13.2 Å². The second-order valence-corrected chi connectivity index (χ2v) is 10.8. The van der Waals surface area contributed by atoms with Crippen LogP contribution in [-0.4, -0.2) is 81.0 Å². The normalized spacial score (nSPS) is 27.1. The summed E-state index contributed by atoms with van der Waals surface area (Å²) in [5, 5.41) is 40.8. The molecule has 8 nitrogen and oxygen atoms in total. The van der Waals surface area contributed by atoms with E-state index in [1.165, 1.54) is 13.8 Å². The van der Waals surface area contributed by atoms with Crippen LogP contribution >= 0.6 is 12.6 Å². The lowest BCUT2D eigenvalue weighted by molar-refractivity contribution is -0.265. The van der Waals surface area contributed by atoms with Crippen molar-refractivity contribution in [2.45, 2.75) is 94.7 Å². The Morgan fingerprint density at radius 2 is 1.76 bits per heavy atom. The van der Waals surface area contributed by atoms with E-state index in [0.29, 0.717) is 24.2 Å². The summed E-state index contributed by atoms with van der Waals surface area (Å²) < 4.78 is 16.5. The topological polar surface area (TPSA) is 126 Å². The summed E-state index contributed by atoms with van der Waals surface area (Å²) in [6.45, 7) is 7.47. The lowest BCUT2D eigenvalue weighted by Crippen LogP contribution is -2.64. The molecule has 2 rings (SSSR count). The number of esters is 1. The Bertz CT molecular complexity index is 748. The number of aliphatic hydroxyl groups excluding tert-OH is 3. The van der Waals surface area contributed by atoms with Crippen LogP contribution in [0.3, 0.4) is 0 Å². The molecule has 0 bridgehead atoms. The van der Waals surface area contributed by atoms with Crippen LogP contribution in [0.1, 0.15) is 52.5 Å². The van der Waals surface area contributed by atoms with Crippen LogP contribution in [0.4, 0.5) is 0 Å². The molecule has 7 unspecified atom stereocenters. The molecule has 4 N–H and O–H groups in total. The minimum atomic E-state index is -1.52. The predicted molar refractivity (Wildman–Crippen MR) is 131 cm³/mol. The predicted octanol–water partition coefficient (Wildman–Crippen LogP) is 1.90. The number of carbonyl (C=O) groups excluding carboxylic acids is 1. The molecule has 0 saturated carbocycles. The summed E-state index contributed by atoms with van der Waals surface area (Å²) in [7, 11) is 0. The molecular weight excluding hydrogens is 460 g/mol. The standard InChI is InChI=1S/C25H40O8S/c1-15(13-16(2)34)11-12-31-18-8-5-17(6-9-18)7-10-20(26)32-14-19-21(27)22(28)23(29)24(33-19)25(3,4)30/h5-6,8-9,15-16,19,21-24,27-30,34H,7,10-14H2,1-4H3. The van der Waals surface area contributed by atoms with Crippen molar-refractivity contribution in [1.82, 2.24) is 0 Å². The third-order valence-corrected chi connectivity index (χ3v) is 6.19. The first-order valence-corrected chi connectivity index (χ1v) is 12.4. The summed E-state index contributed by atoms with van der Waals surface area (Å²) in [5.41, 5.74) is -0.502. The average molecular weight is 501 g/mol. The molecule has 1 fully saturated rings. The van der Waals surface area contributed by atoms with Gasteiger partial charge >= 0.3 is 5.97 Å². The fraction of sp³-hybridized carbons (Fsp3) is 0.720. The van der Waals surface area contributed by atoms with Crippen LogP contribution in [-0.2, 0) is 20.7 Å². The van der Waals surface area contributed by atoms with Gasteiger partial charge in [0.2, 0.25) is 0 Å². The fourth-order valence-corrected chi connectivity index (χ4v) is 4.36. The van der Waals surface area contributed by atoms with Crippen LogP contribution < -0.4 is 4.74 Å². The molecule has 1 aromatic rings. The number of carbonyl (C=O) groups is 1. The fourth-order valence-electron chi connectivity index (χ4n) is 4.00. The number of hydrogen-bond donors (Lipinski definition) is 5. The van der Waals surface area contributed by atoms with E-state index in [9.17, 15) is 25.2 Å². The van der Waals surface area contributed by atoms with Crippen LogP contribution in [0.5, 0.6) is 5.75 Å². The number of aryl methyl sites for hydroxylation is 1. The van der Waals surface area contributed by atoms with Gasteiger partial charge in [-0.1, -0.05) is 26.0 Å². The molecule has 9 heteroatoms. The van der Waals surface area contributed by atoms with Crippen molar-refractivity contribution in [3.05, 3.63) is 29.8 Å². The molecule has 7 atom stereocenters. The van der Waals surface area contributed by atoms with E-state index >= 15 is 0 Å². The zero-order valence-electron chi connectivity index (χ0n) is 20.5.